The molecule has 0 spiro atoms. The molecule has 2 heterocycles. The zero-order valence-electron chi connectivity index (χ0n) is 13.4. The summed E-state index contributed by atoms with van der Waals surface area (Å²) >= 11 is 6.06. The maximum Gasteiger partial charge on any atom is 0.328 e. The number of aromatic amines is 1. The van der Waals surface area contributed by atoms with Crippen molar-refractivity contribution in [2.45, 2.75) is 19.4 Å². The maximum atomic E-state index is 14.0. The molecule has 0 amide bonds. The van der Waals surface area contributed by atoms with Crippen LogP contribution in [0.1, 0.15) is 18.4 Å². The zero-order valence-corrected chi connectivity index (χ0v) is 14.2. The predicted octanol–water partition coefficient (Wildman–Crippen LogP) is 2.11. The summed E-state index contributed by atoms with van der Waals surface area (Å²) in [5.41, 5.74) is 6.17. The fourth-order valence-electron chi connectivity index (χ4n) is 2.49. The van der Waals surface area contributed by atoms with Gasteiger partial charge in [0.2, 0.25) is 5.95 Å². The van der Waals surface area contributed by atoms with Gasteiger partial charge in [-0.2, -0.15) is 4.98 Å². The van der Waals surface area contributed by atoms with E-state index in [1.54, 1.807) is 6.07 Å². The van der Waals surface area contributed by atoms with E-state index in [1.165, 1.54) is 22.9 Å². The number of rotatable bonds is 7. The molecular formula is C16H18ClFN6O. The molecule has 7 nitrogen and oxygen atoms in total. The molecule has 0 atom stereocenters. The van der Waals surface area contributed by atoms with Gasteiger partial charge in [0.25, 0.3) is 0 Å². The summed E-state index contributed by atoms with van der Waals surface area (Å²) in [5.74, 6) is -0.0696. The van der Waals surface area contributed by atoms with Gasteiger partial charge in [0.1, 0.15) is 11.3 Å². The highest BCUT2D eigenvalue weighted by Crippen LogP contribution is 2.21. The minimum absolute atomic E-state index is 0.0199. The molecule has 0 saturated heterocycles. The summed E-state index contributed by atoms with van der Waals surface area (Å²) in [7, 11) is 0. The molecular weight excluding hydrogens is 347 g/mol. The van der Waals surface area contributed by atoms with Gasteiger partial charge in [-0.15, -0.1) is 0 Å². The lowest BCUT2D eigenvalue weighted by Gasteiger charge is -2.08. The van der Waals surface area contributed by atoms with Crippen molar-refractivity contribution < 1.29 is 4.39 Å². The Morgan fingerprint density at radius 2 is 2.20 bits per heavy atom. The van der Waals surface area contributed by atoms with Crippen LogP contribution in [0, 0.1) is 5.82 Å². The molecule has 0 aliphatic heterocycles. The molecule has 0 aliphatic rings. The molecule has 0 saturated carbocycles. The smallest absolute Gasteiger partial charge is 0.328 e. The summed E-state index contributed by atoms with van der Waals surface area (Å²) in [6, 6.07) is 4.41. The second-order valence-corrected chi connectivity index (χ2v) is 5.98. The summed E-state index contributed by atoms with van der Waals surface area (Å²) in [6.07, 6.45) is 3.31. The lowest BCUT2D eigenvalue weighted by atomic mass is 10.2. The second-order valence-electron chi connectivity index (χ2n) is 5.57. The number of unbranched alkanes of at least 4 members (excludes halogenated alkanes) is 1. The Bertz CT molecular complexity index is 918. The number of halogens is 2. The molecule has 0 aliphatic carbocycles. The maximum absolute atomic E-state index is 14.0. The van der Waals surface area contributed by atoms with Crippen molar-refractivity contribution in [3.63, 3.8) is 0 Å². The van der Waals surface area contributed by atoms with Gasteiger partial charge in [-0.05, 0) is 31.5 Å². The van der Waals surface area contributed by atoms with Crippen molar-refractivity contribution in [3.05, 3.63) is 51.3 Å². The number of H-pyrrole nitrogens is 1. The van der Waals surface area contributed by atoms with Crippen molar-refractivity contribution in [1.82, 2.24) is 19.5 Å². The highest BCUT2D eigenvalue weighted by atomic mass is 35.5. The first-order valence-corrected chi connectivity index (χ1v) is 8.30. The zero-order chi connectivity index (χ0) is 17.8. The molecule has 1 aromatic carbocycles. The number of hydrogen-bond donors (Lipinski definition) is 3. The molecule has 0 bridgehead atoms. The molecule has 3 rings (SSSR count). The Hall–Kier alpha value is -2.45. The third-order valence-electron chi connectivity index (χ3n) is 3.80. The largest absolute Gasteiger partial charge is 0.354 e. The third kappa shape index (κ3) is 3.80. The molecule has 3 aromatic rings. The van der Waals surface area contributed by atoms with Gasteiger partial charge < -0.3 is 16.0 Å². The summed E-state index contributed by atoms with van der Waals surface area (Å²) in [4.78, 5) is 23.4. The Morgan fingerprint density at radius 3 is 2.96 bits per heavy atom. The van der Waals surface area contributed by atoms with Crippen LogP contribution in [0.2, 0.25) is 5.02 Å². The molecule has 9 heteroatoms. The first-order valence-electron chi connectivity index (χ1n) is 7.92. The highest BCUT2D eigenvalue weighted by Gasteiger charge is 2.14. The number of nitrogens with one attached hydrogen (secondary N) is 2. The van der Waals surface area contributed by atoms with Gasteiger partial charge in [0.05, 0.1) is 12.7 Å². The van der Waals surface area contributed by atoms with Crippen LogP contribution in [0.5, 0.6) is 0 Å². The van der Waals surface area contributed by atoms with Gasteiger partial charge in [0, 0.05) is 17.1 Å². The Kier molecular flexibility index (Phi) is 5.30. The van der Waals surface area contributed by atoms with Crippen molar-refractivity contribution in [1.29, 1.82) is 0 Å². The number of nitrogens with zero attached hydrogens (tertiary/aromatic N) is 3. The first kappa shape index (κ1) is 17.4. The van der Waals surface area contributed by atoms with Crippen LogP contribution in [0.25, 0.3) is 11.2 Å². The lowest BCUT2D eigenvalue weighted by molar-refractivity contribution is 0.599. The van der Waals surface area contributed by atoms with E-state index in [0.29, 0.717) is 30.2 Å². The lowest BCUT2D eigenvalue weighted by Crippen LogP contribution is -2.19. The minimum Gasteiger partial charge on any atom is -0.354 e. The third-order valence-corrected chi connectivity index (χ3v) is 4.16. The molecule has 0 fully saturated rings. The van der Waals surface area contributed by atoms with Crippen molar-refractivity contribution in [3.8, 4) is 0 Å². The van der Waals surface area contributed by atoms with Crippen molar-refractivity contribution in [2.24, 2.45) is 5.73 Å². The molecule has 132 valence electrons. The normalized spacial score (nSPS) is 11.2. The number of fused-ring (bicyclic) bond motifs is 1. The minimum atomic E-state index is -0.470. The fraction of sp³-hybridized carbons (Fsp3) is 0.312. The Labute approximate surface area is 148 Å². The number of benzene rings is 1. The number of aromatic nitrogens is 4. The highest BCUT2D eigenvalue weighted by molar-refractivity contribution is 6.31. The average molecular weight is 365 g/mol. The molecule has 25 heavy (non-hydrogen) atoms. The van der Waals surface area contributed by atoms with Gasteiger partial charge in [0.15, 0.2) is 5.65 Å². The van der Waals surface area contributed by atoms with E-state index in [4.69, 9.17) is 17.3 Å². The van der Waals surface area contributed by atoms with E-state index >= 15 is 0 Å². The van der Waals surface area contributed by atoms with E-state index in [2.05, 4.69) is 20.3 Å². The molecule has 0 unspecified atom stereocenters. The number of nitrogens with two attached hydrogens (primary N) is 1. The molecule has 2 aromatic heterocycles. The van der Waals surface area contributed by atoms with E-state index in [9.17, 15) is 9.18 Å². The van der Waals surface area contributed by atoms with Gasteiger partial charge in [-0.25, -0.2) is 14.2 Å². The van der Waals surface area contributed by atoms with Crippen molar-refractivity contribution in [2.75, 3.05) is 18.4 Å². The van der Waals surface area contributed by atoms with Crippen LogP contribution in [-0.2, 0) is 6.54 Å². The summed E-state index contributed by atoms with van der Waals surface area (Å²) < 4.78 is 15.4. The Balaban J connectivity index is 1.92. The number of hydrogen-bond acceptors (Lipinski definition) is 5. The molecule has 4 N–H and O–H groups in total. The standard InChI is InChI=1S/C16H18ClFN6O/c17-11-4-3-5-12(18)10(11)9-24-14-13(22-16(24)25)8-21-15(23-14)20-7-2-1-6-19/h3-5,8H,1-2,6-7,9,19H2,(H,22,25)(H,20,21,23). The second kappa shape index (κ2) is 7.62. The van der Waals surface area contributed by atoms with Crippen LogP contribution in [-0.4, -0.2) is 32.6 Å². The van der Waals surface area contributed by atoms with E-state index < -0.39 is 11.5 Å². The SMILES string of the molecule is NCCCCNc1ncc2[nH]c(=O)n(Cc3c(F)cccc3Cl)c2n1. The first-order chi connectivity index (χ1) is 12.1. The van der Waals surface area contributed by atoms with Crippen molar-refractivity contribution >= 4 is 28.7 Å². The van der Waals surface area contributed by atoms with E-state index in [1.807, 2.05) is 0 Å². The fourth-order valence-corrected chi connectivity index (χ4v) is 2.71. The van der Waals surface area contributed by atoms with Crippen LogP contribution < -0.4 is 16.7 Å². The number of imidazole rings is 1. The van der Waals surface area contributed by atoms with E-state index in [0.717, 1.165) is 12.8 Å². The van der Waals surface area contributed by atoms with Gasteiger partial charge in [-0.3, -0.25) is 4.57 Å². The average Bonchev–Trinajstić information content (AvgIpc) is 2.90. The topological polar surface area (TPSA) is 102 Å². The van der Waals surface area contributed by atoms with Crippen LogP contribution in [0.3, 0.4) is 0 Å². The summed E-state index contributed by atoms with van der Waals surface area (Å²) in [6.45, 7) is 1.28. The van der Waals surface area contributed by atoms with Crippen LogP contribution in [0.15, 0.2) is 29.2 Å². The monoisotopic (exact) mass is 364 g/mol. The summed E-state index contributed by atoms with van der Waals surface area (Å²) in [5, 5.41) is 3.35. The van der Waals surface area contributed by atoms with Gasteiger partial charge >= 0.3 is 5.69 Å². The molecule has 0 radical (unpaired) electrons. The van der Waals surface area contributed by atoms with Crippen LogP contribution >= 0.6 is 11.6 Å². The predicted molar refractivity (Wildman–Crippen MR) is 95.4 cm³/mol. The van der Waals surface area contributed by atoms with Gasteiger partial charge in [-0.1, -0.05) is 17.7 Å². The quantitative estimate of drug-likeness (QED) is 0.557. The Morgan fingerprint density at radius 1 is 1.36 bits per heavy atom. The number of anilines is 1. The van der Waals surface area contributed by atoms with Crippen LogP contribution in [0.4, 0.5) is 10.3 Å². The van der Waals surface area contributed by atoms with E-state index in [-0.39, 0.29) is 17.1 Å².